The van der Waals surface area contributed by atoms with Gasteiger partial charge in [0.1, 0.15) is 5.52 Å². The standard InChI is InChI=1S/C15H12BrClN2O/c1-9-19-14-7-11(3-5-15(14)20-9)18-8-10-2-4-13(17)12(16)6-10/h2-7,18H,8H2,1H3. The van der Waals surface area contributed by atoms with E-state index in [2.05, 4.69) is 26.2 Å². The van der Waals surface area contributed by atoms with Crippen LogP contribution >= 0.6 is 27.5 Å². The second-order valence-corrected chi connectivity index (χ2v) is 5.78. The normalized spacial score (nSPS) is 10.9. The van der Waals surface area contributed by atoms with E-state index in [1.165, 1.54) is 0 Å². The number of halogens is 2. The highest BCUT2D eigenvalue weighted by molar-refractivity contribution is 9.10. The van der Waals surface area contributed by atoms with Gasteiger partial charge in [-0.1, -0.05) is 17.7 Å². The fraction of sp³-hybridized carbons (Fsp3) is 0.133. The van der Waals surface area contributed by atoms with Gasteiger partial charge in [-0.25, -0.2) is 4.98 Å². The molecule has 0 saturated carbocycles. The van der Waals surface area contributed by atoms with Crippen molar-refractivity contribution >= 4 is 44.3 Å². The third kappa shape index (κ3) is 2.81. The lowest BCUT2D eigenvalue weighted by molar-refractivity contribution is 0.561. The molecule has 0 aliphatic rings. The molecule has 102 valence electrons. The summed E-state index contributed by atoms with van der Waals surface area (Å²) in [5.41, 5.74) is 3.83. The summed E-state index contributed by atoms with van der Waals surface area (Å²) in [6, 6.07) is 11.8. The van der Waals surface area contributed by atoms with E-state index in [0.29, 0.717) is 10.9 Å². The predicted molar refractivity (Wildman–Crippen MR) is 85.2 cm³/mol. The first-order chi connectivity index (χ1) is 9.61. The second-order valence-electron chi connectivity index (χ2n) is 4.52. The molecule has 0 radical (unpaired) electrons. The molecule has 20 heavy (non-hydrogen) atoms. The number of rotatable bonds is 3. The van der Waals surface area contributed by atoms with E-state index in [9.17, 15) is 0 Å². The van der Waals surface area contributed by atoms with Crippen LogP contribution in [-0.2, 0) is 6.54 Å². The van der Waals surface area contributed by atoms with Crippen molar-refractivity contribution in [2.24, 2.45) is 0 Å². The Morgan fingerprint density at radius 3 is 2.90 bits per heavy atom. The summed E-state index contributed by atoms with van der Waals surface area (Å²) in [6.45, 7) is 2.57. The number of anilines is 1. The zero-order valence-corrected chi connectivity index (χ0v) is 13.1. The largest absolute Gasteiger partial charge is 0.441 e. The number of hydrogen-bond acceptors (Lipinski definition) is 3. The van der Waals surface area contributed by atoms with E-state index < -0.39 is 0 Å². The van der Waals surface area contributed by atoms with E-state index >= 15 is 0 Å². The summed E-state index contributed by atoms with van der Waals surface area (Å²) in [5, 5.41) is 4.08. The van der Waals surface area contributed by atoms with Gasteiger partial charge in [-0.05, 0) is 51.8 Å². The van der Waals surface area contributed by atoms with Crippen molar-refractivity contribution in [2.75, 3.05) is 5.32 Å². The topological polar surface area (TPSA) is 38.1 Å². The molecule has 0 unspecified atom stereocenters. The molecule has 5 heteroatoms. The zero-order chi connectivity index (χ0) is 14.1. The molecule has 1 aromatic heterocycles. The Morgan fingerprint density at radius 2 is 2.10 bits per heavy atom. The molecule has 0 fully saturated rings. The number of benzene rings is 2. The minimum absolute atomic E-state index is 0.679. The van der Waals surface area contributed by atoms with Gasteiger partial charge in [-0.3, -0.25) is 0 Å². The minimum Gasteiger partial charge on any atom is -0.441 e. The first-order valence-electron chi connectivity index (χ1n) is 6.17. The lowest BCUT2D eigenvalue weighted by atomic mass is 10.2. The van der Waals surface area contributed by atoms with Crippen LogP contribution in [0.15, 0.2) is 45.3 Å². The van der Waals surface area contributed by atoms with E-state index in [1.54, 1.807) is 0 Å². The van der Waals surface area contributed by atoms with Crippen molar-refractivity contribution in [1.29, 1.82) is 0 Å². The van der Waals surface area contributed by atoms with Crippen molar-refractivity contribution in [3.05, 3.63) is 57.3 Å². The molecular formula is C15H12BrClN2O. The summed E-state index contributed by atoms with van der Waals surface area (Å²) < 4.78 is 6.36. The molecule has 3 nitrogen and oxygen atoms in total. The highest BCUT2D eigenvalue weighted by Gasteiger charge is 2.04. The molecule has 0 amide bonds. The van der Waals surface area contributed by atoms with Gasteiger partial charge in [0, 0.05) is 23.6 Å². The van der Waals surface area contributed by atoms with Crippen LogP contribution in [0.25, 0.3) is 11.1 Å². The monoisotopic (exact) mass is 350 g/mol. The quantitative estimate of drug-likeness (QED) is 0.708. The van der Waals surface area contributed by atoms with Crippen molar-refractivity contribution in [3.63, 3.8) is 0 Å². The van der Waals surface area contributed by atoms with Crippen LogP contribution in [0, 0.1) is 6.92 Å². The SMILES string of the molecule is Cc1nc2cc(NCc3ccc(Cl)c(Br)c3)ccc2o1. The highest BCUT2D eigenvalue weighted by atomic mass is 79.9. The average Bonchev–Trinajstić information content (AvgIpc) is 2.79. The molecule has 1 heterocycles. The Kier molecular flexibility index (Phi) is 3.68. The number of fused-ring (bicyclic) bond motifs is 1. The van der Waals surface area contributed by atoms with E-state index in [0.717, 1.165) is 33.4 Å². The van der Waals surface area contributed by atoms with Crippen molar-refractivity contribution < 1.29 is 4.42 Å². The van der Waals surface area contributed by atoms with E-state index in [1.807, 2.05) is 43.3 Å². The molecule has 0 bridgehead atoms. The van der Waals surface area contributed by atoms with Gasteiger partial charge in [0.25, 0.3) is 0 Å². The van der Waals surface area contributed by atoms with Crippen molar-refractivity contribution in [3.8, 4) is 0 Å². The lowest BCUT2D eigenvalue weighted by Crippen LogP contribution is -1.99. The Morgan fingerprint density at radius 1 is 1.25 bits per heavy atom. The molecular weight excluding hydrogens is 340 g/mol. The van der Waals surface area contributed by atoms with Crippen LogP contribution in [0.1, 0.15) is 11.5 Å². The smallest absolute Gasteiger partial charge is 0.192 e. The minimum atomic E-state index is 0.679. The Hall–Kier alpha value is -1.52. The number of nitrogens with zero attached hydrogens (tertiary/aromatic N) is 1. The molecule has 0 spiro atoms. The summed E-state index contributed by atoms with van der Waals surface area (Å²) in [7, 11) is 0. The maximum atomic E-state index is 5.98. The number of oxazole rings is 1. The first kappa shape index (κ1) is 13.5. The van der Waals surface area contributed by atoms with Crippen LogP contribution in [0.3, 0.4) is 0 Å². The summed E-state index contributed by atoms with van der Waals surface area (Å²) in [5.74, 6) is 0.679. The maximum Gasteiger partial charge on any atom is 0.192 e. The summed E-state index contributed by atoms with van der Waals surface area (Å²) in [6.07, 6.45) is 0. The zero-order valence-electron chi connectivity index (χ0n) is 10.8. The van der Waals surface area contributed by atoms with Gasteiger partial charge in [0.15, 0.2) is 11.5 Å². The molecule has 0 aliphatic carbocycles. The van der Waals surface area contributed by atoms with E-state index in [4.69, 9.17) is 16.0 Å². The third-order valence-corrected chi connectivity index (χ3v) is 4.19. The van der Waals surface area contributed by atoms with Gasteiger partial charge in [0.2, 0.25) is 0 Å². The van der Waals surface area contributed by atoms with Gasteiger partial charge in [-0.15, -0.1) is 0 Å². The number of nitrogens with one attached hydrogen (secondary N) is 1. The predicted octanol–water partition coefficient (Wildman–Crippen LogP) is 5.16. The highest BCUT2D eigenvalue weighted by Crippen LogP contribution is 2.24. The van der Waals surface area contributed by atoms with Crippen LogP contribution in [-0.4, -0.2) is 4.98 Å². The van der Waals surface area contributed by atoms with Gasteiger partial charge in [0.05, 0.1) is 5.02 Å². The Labute approximate surface area is 130 Å². The molecule has 0 saturated heterocycles. The molecule has 2 aromatic carbocycles. The Balaban J connectivity index is 1.77. The second kappa shape index (κ2) is 5.46. The van der Waals surface area contributed by atoms with Crippen LogP contribution < -0.4 is 5.32 Å². The molecule has 0 atom stereocenters. The lowest BCUT2D eigenvalue weighted by Gasteiger charge is -2.07. The summed E-state index contributed by atoms with van der Waals surface area (Å²) in [4.78, 5) is 4.32. The number of aryl methyl sites for hydroxylation is 1. The maximum absolute atomic E-state index is 5.98. The third-order valence-electron chi connectivity index (χ3n) is 2.98. The van der Waals surface area contributed by atoms with Gasteiger partial charge >= 0.3 is 0 Å². The number of aromatic nitrogens is 1. The van der Waals surface area contributed by atoms with Crippen molar-refractivity contribution in [2.45, 2.75) is 13.5 Å². The van der Waals surface area contributed by atoms with E-state index in [-0.39, 0.29) is 0 Å². The van der Waals surface area contributed by atoms with Gasteiger partial charge < -0.3 is 9.73 Å². The molecule has 1 N–H and O–H groups in total. The fourth-order valence-electron chi connectivity index (χ4n) is 2.01. The van der Waals surface area contributed by atoms with Crippen molar-refractivity contribution in [1.82, 2.24) is 4.98 Å². The summed E-state index contributed by atoms with van der Waals surface area (Å²) >= 11 is 9.40. The average molecular weight is 352 g/mol. The molecule has 0 aliphatic heterocycles. The fourth-order valence-corrected chi connectivity index (χ4v) is 2.55. The number of hydrogen-bond donors (Lipinski definition) is 1. The molecule has 3 rings (SSSR count). The first-order valence-corrected chi connectivity index (χ1v) is 7.34. The van der Waals surface area contributed by atoms with Gasteiger partial charge in [-0.2, -0.15) is 0 Å². The van der Waals surface area contributed by atoms with Crippen LogP contribution in [0.4, 0.5) is 5.69 Å². The molecule has 3 aromatic rings. The Bertz CT molecular complexity index is 770. The van der Waals surface area contributed by atoms with Crippen LogP contribution in [0.5, 0.6) is 0 Å². The van der Waals surface area contributed by atoms with Crippen LogP contribution in [0.2, 0.25) is 5.02 Å².